The lowest BCUT2D eigenvalue weighted by molar-refractivity contribution is -0.166. The molecule has 0 aliphatic heterocycles. The number of rotatable bonds is 48. The molecule has 0 N–H and O–H groups in total. The minimum Gasteiger partial charge on any atom is -0.462 e. The number of hydrogen-bond donors (Lipinski definition) is 0. The predicted molar refractivity (Wildman–Crippen MR) is 311 cm³/mol. The fraction of sp³-hybridized carbons (Fsp3) is 0.530. The molecule has 0 aliphatic rings. The van der Waals surface area contributed by atoms with Crippen molar-refractivity contribution in [3.8, 4) is 0 Å². The van der Waals surface area contributed by atoms with E-state index in [9.17, 15) is 14.4 Å². The number of allylic oxidation sites excluding steroid dienone is 27. The van der Waals surface area contributed by atoms with E-state index in [4.69, 9.17) is 14.2 Å². The predicted octanol–water partition coefficient (Wildman–Crippen LogP) is 19.1. The molecular weight excluding hydrogens is 889 g/mol. The molecule has 72 heavy (non-hydrogen) atoms. The molecule has 0 radical (unpaired) electrons. The van der Waals surface area contributed by atoms with Crippen molar-refractivity contribution >= 4 is 17.9 Å². The Morgan fingerprint density at radius 3 is 1.01 bits per heavy atom. The van der Waals surface area contributed by atoms with Gasteiger partial charge in [0.05, 0.1) is 6.42 Å². The smallest absolute Gasteiger partial charge is 0.309 e. The molecule has 0 spiro atoms. The summed E-state index contributed by atoms with van der Waals surface area (Å²) in [5.41, 5.74) is 0. The van der Waals surface area contributed by atoms with Crippen molar-refractivity contribution in [2.45, 2.75) is 213 Å². The summed E-state index contributed by atoms with van der Waals surface area (Å²) in [5.74, 6) is -1.16. The highest BCUT2D eigenvalue weighted by Crippen LogP contribution is 2.11. The second-order valence-corrected chi connectivity index (χ2v) is 17.7. The van der Waals surface area contributed by atoms with Crippen LogP contribution in [0.2, 0.25) is 0 Å². The summed E-state index contributed by atoms with van der Waals surface area (Å²) in [6.07, 6.45) is 86.6. The average Bonchev–Trinajstić information content (AvgIpc) is 3.38. The highest BCUT2D eigenvalue weighted by molar-refractivity contribution is 5.72. The molecule has 0 aliphatic carbocycles. The summed E-state index contributed by atoms with van der Waals surface area (Å²) in [5, 5.41) is 0. The molecule has 0 aromatic heterocycles. The van der Waals surface area contributed by atoms with Crippen molar-refractivity contribution in [1.29, 1.82) is 0 Å². The largest absolute Gasteiger partial charge is 0.462 e. The van der Waals surface area contributed by atoms with E-state index >= 15 is 0 Å². The van der Waals surface area contributed by atoms with E-state index in [1.165, 1.54) is 32.1 Å². The van der Waals surface area contributed by atoms with Crippen molar-refractivity contribution < 1.29 is 28.6 Å². The van der Waals surface area contributed by atoms with E-state index in [0.29, 0.717) is 12.8 Å². The lowest BCUT2D eigenvalue weighted by Crippen LogP contribution is -2.30. The van der Waals surface area contributed by atoms with Crippen LogP contribution < -0.4 is 0 Å². The molecule has 0 aromatic carbocycles. The molecule has 400 valence electrons. The molecule has 1 unspecified atom stereocenters. The Labute approximate surface area is 441 Å². The zero-order valence-electron chi connectivity index (χ0n) is 45.6. The molecular formula is C66H100O6. The van der Waals surface area contributed by atoms with Gasteiger partial charge in [-0.15, -0.1) is 0 Å². The van der Waals surface area contributed by atoms with Crippen molar-refractivity contribution in [1.82, 2.24) is 0 Å². The Morgan fingerprint density at radius 1 is 0.306 bits per heavy atom. The first-order chi connectivity index (χ1) is 35.5. The number of unbranched alkanes of at least 4 members (excludes halogenated alkanes) is 10. The van der Waals surface area contributed by atoms with E-state index in [2.05, 4.69) is 179 Å². The van der Waals surface area contributed by atoms with Gasteiger partial charge in [0.25, 0.3) is 0 Å². The quantitative estimate of drug-likeness (QED) is 0.0262. The standard InChI is InChI=1S/C66H100O6/c1-4-7-10-13-16-19-22-25-28-30-31-32-33-34-35-36-39-41-44-47-50-53-56-59-65(68)71-62-63(61-70-64(67)58-55-52-49-46-43-40-37-27-24-21-18-15-12-9-6-3)72-66(69)60-57-54-51-48-45-42-38-29-26-23-20-17-14-11-8-5-2/h7,9-10,12,16,18-21,23,25,27-29,31-32,34-35,37-39,41,43,46-47,50,52,55,63H,4-6,8,11,13-15,17,22,24,26,30,33,36,40,42,44-45,48-49,51,53-54,56-62H2,1-3H3/b10-7-,12-9-,19-16-,21-18-,23-20-,28-25-,32-31-,35-34-,37-27-,38-29-,41-39-,46-43-,50-47-,55-52-. The third-order valence-electron chi connectivity index (χ3n) is 11.0. The van der Waals surface area contributed by atoms with Crippen LogP contribution in [0.1, 0.15) is 207 Å². The number of hydrogen-bond acceptors (Lipinski definition) is 6. The molecule has 6 nitrogen and oxygen atoms in total. The highest BCUT2D eigenvalue weighted by atomic mass is 16.6. The summed E-state index contributed by atoms with van der Waals surface area (Å²) in [7, 11) is 0. The fourth-order valence-electron chi connectivity index (χ4n) is 6.83. The topological polar surface area (TPSA) is 78.9 Å². The van der Waals surface area contributed by atoms with E-state index in [-0.39, 0.29) is 44.4 Å². The fourth-order valence-corrected chi connectivity index (χ4v) is 6.83. The normalized spacial score (nSPS) is 13.4. The van der Waals surface area contributed by atoms with Gasteiger partial charge in [0, 0.05) is 12.8 Å². The summed E-state index contributed by atoms with van der Waals surface area (Å²) in [6, 6.07) is 0. The maximum absolute atomic E-state index is 12.8. The lowest BCUT2D eigenvalue weighted by atomic mass is 10.1. The SMILES string of the molecule is CC/C=C\C/C=C\C/C=C\C/C=C\C/C=C\C/C=C\C/C=C\CCCC(=O)OCC(COC(=O)C/C=C\C/C=C\C/C=C\C/C=C\C/C=C\CC)OC(=O)CCCCCCC/C=C\C/C=C\CCCCCC. The van der Waals surface area contributed by atoms with Crippen LogP contribution in [0.15, 0.2) is 170 Å². The summed E-state index contributed by atoms with van der Waals surface area (Å²) in [4.78, 5) is 38.1. The Bertz CT molecular complexity index is 1700. The first kappa shape index (κ1) is 66.8. The van der Waals surface area contributed by atoms with Gasteiger partial charge in [-0.2, -0.15) is 0 Å². The third kappa shape index (κ3) is 55.7. The van der Waals surface area contributed by atoms with Crippen LogP contribution in [0.5, 0.6) is 0 Å². The Hall–Kier alpha value is -5.23. The van der Waals surface area contributed by atoms with Gasteiger partial charge in [-0.3, -0.25) is 14.4 Å². The van der Waals surface area contributed by atoms with Gasteiger partial charge in [0.15, 0.2) is 6.10 Å². The van der Waals surface area contributed by atoms with Gasteiger partial charge in [-0.25, -0.2) is 0 Å². The maximum atomic E-state index is 12.8. The highest BCUT2D eigenvalue weighted by Gasteiger charge is 2.19. The first-order valence-corrected chi connectivity index (χ1v) is 28.1. The maximum Gasteiger partial charge on any atom is 0.309 e. The molecule has 0 rings (SSSR count). The molecule has 0 fully saturated rings. The van der Waals surface area contributed by atoms with Crippen LogP contribution >= 0.6 is 0 Å². The minimum atomic E-state index is -0.859. The lowest BCUT2D eigenvalue weighted by Gasteiger charge is -2.18. The molecule has 0 amide bonds. The van der Waals surface area contributed by atoms with Crippen molar-refractivity contribution in [3.63, 3.8) is 0 Å². The van der Waals surface area contributed by atoms with Crippen LogP contribution in [-0.4, -0.2) is 37.2 Å². The minimum absolute atomic E-state index is 0.105. The number of carbonyl (C=O) groups is 3. The van der Waals surface area contributed by atoms with Gasteiger partial charge >= 0.3 is 17.9 Å². The number of ether oxygens (including phenoxy) is 3. The van der Waals surface area contributed by atoms with Gasteiger partial charge in [0.1, 0.15) is 13.2 Å². The molecule has 0 heterocycles. The molecule has 6 heteroatoms. The molecule has 0 saturated carbocycles. The van der Waals surface area contributed by atoms with E-state index in [1.807, 2.05) is 6.08 Å². The molecule has 0 bridgehead atoms. The van der Waals surface area contributed by atoms with Crippen LogP contribution in [0, 0.1) is 0 Å². The van der Waals surface area contributed by atoms with Gasteiger partial charge in [-0.1, -0.05) is 229 Å². The van der Waals surface area contributed by atoms with Crippen LogP contribution in [0.25, 0.3) is 0 Å². The van der Waals surface area contributed by atoms with E-state index in [1.54, 1.807) is 6.08 Å². The van der Waals surface area contributed by atoms with Crippen molar-refractivity contribution in [2.24, 2.45) is 0 Å². The van der Waals surface area contributed by atoms with Crippen molar-refractivity contribution in [3.05, 3.63) is 170 Å². The second-order valence-electron chi connectivity index (χ2n) is 17.7. The summed E-state index contributed by atoms with van der Waals surface area (Å²) >= 11 is 0. The van der Waals surface area contributed by atoms with Crippen LogP contribution in [0.3, 0.4) is 0 Å². The Balaban J connectivity index is 4.63. The number of esters is 3. The molecule has 1 atom stereocenters. The monoisotopic (exact) mass is 989 g/mol. The molecule has 0 saturated heterocycles. The van der Waals surface area contributed by atoms with E-state index in [0.717, 1.165) is 122 Å². The van der Waals surface area contributed by atoms with E-state index < -0.39 is 12.1 Å². The summed E-state index contributed by atoms with van der Waals surface area (Å²) < 4.78 is 16.7. The van der Waals surface area contributed by atoms with Gasteiger partial charge in [0.2, 0.25) is 0 Å². The van der Waals surface area contributed by atoms with Crippen LogP contribution in [0.4, 0.5) is 0 Å². The third-order valence-corrected chi connectivity index (χ3v) is 11.0. The zero-order valence-corrected chi connectivity index (χ0v) is 45.6. The Morgan fingerprint density at radius 2 is 0.611 bits per heavy atom. The summed E-state index contributed by atoms with van der Waals surface area (Å²) in [6.45, 7) is 6.22. The second kappa shape index (κ2) is 58.3. The molecule has 0 aromatic rings. The van der Waals surface area contributed by atoms with Crippen molar-refractivity contribution in [2.75, 3.05) is 13.2 Å². The average molecular weight is 990 g/mol. The van der Waals surface area contributed by atoms with Gasteiger partial charge < -0.3 is 14.2 Å². The first-order valence-electron chi connectivity index (χ1n) is 28.1. The Kier molecular flexibility index (Phi) is 54.1. The van der Waals surface area contributed by atoms with Gasteiger partial charge in [-0.05, 0) is 128 Å². The van der Waals surface area contributed by atoms with Crippen LogP contribution in [-0.2, 0) is 28.6 Å². The zero-order chi connectivity index (χ0) is 52.2. The number of carbonyl (C=O) groups excluding carboxylic acids is 3.